The third-order valence-electron chi connectivity index (χ3n) is 11.3. The van der Waals surface area contributed by atoms with E-state index in [9.17, 15) is 15.0 Å². The van der Waals surface area contributed by atoms with Crippen molar-refractivity contribution in [1.29, 1.82) is 0 Å². The molecule has 4 saturated carbocycles. The number of carbonyl (C=O) groups is 1. The summed E-state index contributed by atoms with van der Waals surface area (Å²) < 4.78 is 6.74. The minimum absolute atomic E-state index is 0.112. The number of fused-ring (bicyclic) bond motifs is 5. The SMILES string of the molecule is CCOC(=O)c1cnn(CC(O)[C@H]2CC[C@@]3(N)C4CCC5C[C@](C)(O)CCC5(C)[C@H]4CCC23C)c1. The van der Waals surface area contributed by atoms with Crippen molar-refractivity contribution in [2.24, 2.45) is 40.2 Å². The molecule has 4 aliphatic rings. The highest BCUT2D eigenvalue weighted by atomic mass is 16.5. The number of aliphatic hydroxyl groups is 2. The molecule has 5 rings (SSSR count). The van der Waals surface area contributed by atoms with Crippen molar-refractivity contribution in [2.75, 3.05) is 6.61 Å². The first kappa shape index (κ1) is 25.2. The van der Waals surface area contributed by atoms with E-state index < -0.39 is 11.7 Å². The van der Waals surface area contributed by atoms with E-state index in [0.717, 1.165) is 57.8 Å². The van der Waals surface area contributed by atoms with Gasteiger partial charge in [-0.15, -0.1) is 0 Å². The maximum absolute atomic E-state index is 12.0. The van der Waals surface area contributed by atoms with Crippen molar-refractivity contribution < 1.29 is 19.7 Å². The van der Waals surface area contributed by atoms with Gasteiger partial charge < -0.3 is 20.7 Å². The van der Waals surface area contributed by atoms with Gasteiger partial charge in [0.05, 0.1) is 36.6 Å². The lowest BCUT2D eigenvalue weighted by Gasteiger charge is -2.65. The first-order chi connectivity index (χ1) is 16.4. The molecule has 35 heavy (non-hydrogen) atoms. The molecule has 0 bridgehead atoms. The van der Waals surface area contributed by atoms with Crippen LogP contribution in [0.5, 0.6) is 0 Å². The van der Waals surface area contributed by atoms with E-state index in [1.807, 2.05) is 6.92 Å². The molecule has 4 aliphatic carbocycles. The number of esters is 1. The molecule has 1 aromatic rings. The molecule has 9 atom stereocenters. The molecule has 0 spiro atoms. The fraction of sp³-hybridized carbons (Fsp3) is 0.857. The Morgan fingerprint density at radius 2 is 1.94 bits per heavy atom. The second kappa shape index (κ2) is 8.56. The Balaban J connectivity index is 1.33. The highest BCUT2D eigenvalue weighted by Crippen LogP contribution is 2.69. The number of nitrogens with zero attached hydrogens (tertiary/aromatic N) is 2. The molecule has 0 saturated heterocycles. The maximum atomic E-state index is 12.0. The Kier molecular flexibility index (Phi) is 6.17. The smallest absolute Gasteiger partial charge is 0.341 e. The van der Waals surface area contributed by atoms with Gasteiger partial charge in [0.25, 0.3) is 0 Å². The molecule has 196 valence electrons. The Labute approximate surface area is 209 Å². The van der Waals surface area contributed by atoms with Crippen LogP contribution >= 0.6 is 0 Å². The summed E-state index contributed by atoms with van der Waals surface area (Å²) in [5.41, 5.74) is 7.21. The number of hydrogen-bond donors (Lipinski definition) is 3. The van der Waals surface area contributed by atoms with Crippen LogP contribution in [0.1, 0.15) is 95.8 Å². The van der Waals surface area contributed by atoms with Gasteiger partial charge in [-0.05, 0) is 106 Å². The summed E-state index contributed by atoms with van der Waals surface area (Å²) in [5.74, 6) is 1.39. The predicted octanol–water partition coefficient (Wildman–Crippen LogP) is 3.91. The largest absolute Gasteiger partial charge is 0.462 e. The normalized spacial score (nSPS) is 45.8. The van der Waals surface area contributed by atoms with Crippen LogP contribution < -0.4 is 5.73 Å². The van der Waals surface area contributed by atoms with Crippen molar-refractivity contribution in [3.8, 4) is 0 Å². The molecule has 5 unspecified atom stereocenters. The summed E-state index contributed by atoms with van der Waals surface area (Å²) in [6.45, 7) is 9.30. The molecule has 0 aliphatic heterocycles. The fourth-order valence-corrected chi connectivity index (χ4v) is 9.26. The number of ether oxygens (including phenoxy) is 1. The number of aliphatic hydroxyl groups excluding tert-OH is 1. The van der Waals surface area contributed by atoms with Crippen LogP contribution in [0.4, 0.5) is 0 Å². The van der Waals surface area contributed by atoms with E-state index >= 15 is 0 Å². The number of hydrogen-bond acceptors (Lipinski definition) is 6. The fourth-order valence-electron chi connectivity index (χ4n) is 9.26. The summed E-state index contributed by atoms with van der Waals surface area (Å²) in [4.78, 5) is 12.0. The van der Waals surface area contributed by atoms with Crippen LogP contribution in [0, 0.1) is 34.5 Å². The monoisotopic (exact) mass is 487 g/mol. The van der Waals surface area contributed by atoms with E-state index in [1.54, 1.807) is 17.8 Å². The van der Waals surface area contributed by atoms with Gasteiger partial charge in [-0.1, -0.05) is 13.8 Å². The van der Waals surface area contributed by atoms with E-state index in [2.05, 4.69) is 18.9 Å². The molecule has 1 heterocycles. The van der Waals surface area contributed by atoms with Crippen molar-refractivity contribution in [3.63, 3.8) is 0 Å². The molecule has 0 aromatic carbocycles. The quantitative estimate of drug-likeness (QED) is 0.543. The second-order valence-electron chi connectivity index (χ2n) is 13.1. The molecule has 4 fully saturated rings. The van der Waals surface area contributed by atoms with Gasteiger partial charge in [-0.3, -0.25) is 4.68 Å². The molecular weight excluding hydrogens is 442 g/mol. The summed E-state index contributed by atoms with van der Waals surface area (Å²) in [6.07, 6.45) is 11.9. The summed E-state index contributed by atoms with van der Waals surface area (Å²) in [5, 5.41) is 26.5. The van der Waals surface area contributed by atoms with E-state index in [0.29, 0.717) is 36.5 Å². The number of rotatable bonds is 5. The summed E-state index contributed by atoms with van der Waals surface area (Å²) in [7, 11) is 0. The molecule has 7 nitrogen and oxygen atoms in total. The first-order valence-electron chi connectivity index (χ1n) is 13.8. The van der Waals surface area contributed by atoms with Crippen molar-refractivity contribution >= 4 is 5.97 Å². The Bertz CT molecular complexity index is 962. The lowest BCUT2D eigenvalue weighted by Crippen LogP contribution is -2.67. The second-order valence-corrected chi connectivity index (χ2v) is 13.1. The highest BCUT2D eigenvalue weighted by molar-refractivity contribution is 5.88. The maximum Gasteiger partial charge on any atom is 0.341 e. The Hall–Kier alpha value is -1.44. The third kappa shape index (κ3) is 3.88. The zero-order chi connectivity index (χ0) is 25.2. The number of nitrogens with two attached hydrogens (primary N) is 1. The third-order valence-corrected chi connectivity index (χ3v) is 11.3. The van der Waals surface area contributed by atoms with Gasteiger partial charge in [0.15, 0.2) is 0 Å². The Morgan fingerprint density at radius 3 is 2.69 bits per heavy atom. The molecule has 0 radical (unpaired) electrons. The zero-order valence-corrected chi connectivity index (χ0v) is 22.0. The minimum atomic E-state index is -0.561. The average Bonchev–Trinajstić information content (AvgIpc) is 3.36. The van der Waals surface area contributed by atoms with Gasteiger partial charge in [-0.25, -0.2) is 4.79 Å². The van der Waals surface area contributed by atoms with Crippen LogP contribution in [-0.2, 0) is 11.3 Å². The van der Waals surface area contributed by atoms with Crippen LogP contribution in [0.15, 0.2) is 12.4 Å². The molecule has 4 N–H and O–H groups in total. The molecular formula is C28H45N3O4. The van der Waals surface area contributed by atoms with Gasteiger partial charge in [0.1, 0.15) is 0 Å². The predicted molar refractivity (Wildman–Crippen MR) is 133 cm³/mol. The minimum Gasteiger partial charge on any atom is -0.462 e. The number of carbonyl (C=O) groups excluding carboxylic acids is 1. The van der Waals surface area contributed by atoms with Gasteiger partial charge in [0.2, 0.25) is 0 Å². The van der Waals surface area contributed by atoms with Crippen molar-refractivity contribution in [2.45, 2.75) is 109 Å². The van der Waals surface area contributed by atoms with Gasteiger partial charge in [0, 0.05) is 11.7 Å². The highest BCUT2D eigenvalue weighted by Gasteiger charge is 2.67. The zero-order valence-electron chi connectivity index (χ0n) is 22.0. The van der Waals surface area contributed by atoms with E-state index in [-0.39, 0.29) is 28.3 Å². The van der Waals surface area contributed by atoms with Crippen LogP contribution in [0.3, 0.4) is 0 Å². The topological polar surface area (TPSA) is 111 Å². The van der Waals surface area contributed by atoms with Crippen LogP contribution in [0.2, 0.25) is 0 Å². The van der Waals surface area contributed by atoms with E-state index in [1.165, 1.54) is 6.20 Å². The molecule has 0 amide bonds. The molecule has 1 aromatic heterocycles. The van der Waals surface area contributed by atoms with Gasteiger partial charge >= 0.3 is 5.97 Å². The van der Waals surface area contributed by atoms with Crippen LogP contribution in [-0.4, -0.2) is 49.8 Å². The molecule has 7 heteroatoms. The lowest BCUT2D eigenvalue weighted by atomic mass is 9.42. The van der Waals surface area contributed by atoms with Crippen molar-refractivity contribution in [1.82, 2.24) is 9.78 Å². The Morgan fingerprint density at radius 1 is 1.17 bits per heavy atom. The van der Waals surface area contributed by atoms with E-state index in [4.69, 9.17) is 10.5 Å². The van der Waals surface area contributed by atoms with Crippen molar-refractivity contribution in [3.05, 3.63) is 18.0 Å². The summed E-state index contributed by atoms with van der Waals surface area (Å²) in [6, 6.07) is 0. The van der Waals surface area contributed by atoms with Gasteiger partial charge in [-0.2, -0.15) is 5.10 Å². The average molecular weight is 488 g/mol. The summed E-state index contributed by atoms with van der Waals surface area (Å²) >= 11 is 0. The number of aromatic nitrogens is 2. The lowest BCUT2D eigenvalue weighted by molar-refractivity contribution is -0.157. The standard InChI is InChI=1S/C28H45N3O4/c1-5-35-24(33)18-15-30-31(16-18)17-23(32)22-9-11-28(29)21-7-6-19-14-25(2,34)12-13-26(19,3)20(21)8-10-27(22,28)4/h15-16,19-23,32,34H,5-14,17,29H2,1-4H3/t19?,20-,21?,22+,23?,25+,26?,27?,28+/m0/s1. The van der Waals surface area contributed by atoms with Crippen LogP contribution in [0.25, 0.3) is 0 Å². The first-order valence-corrected chi connectivity index (χ1v) is 13.8.